The van der Waals surface area contributed by atoms with Crippen LogP contribution in [0.1, 0.15) is 36.9 Å². The second-order valence-electron chi connectivity index (χ2n) is 10.2. The summed E-state index contributed by atoms with van der Waals surface area (Å²) >= 11 is 1.26. The second-order valence-corrected chi connectivity index (χ2v) is 11.3. The van der Waals surface area contributed by atoms with Gasteiger partial charge in [0.05, 0.1) is 11.1 Å². The zero-order chi connectivity index (χ0) is 35.5. The number of carbonyl (C=O) groups is 4. The summed E-state index contributed by atoms with van der Waals surface area (Å²) in [7, 11) is 0. The Hall–Kier alpha value is -6.53. The maximum absolute atomic E-state index is 13.1. The van der Waals surface area contributed by atoms with Gasteiger partial charge in [-0.15, -0.1) is 11.3 Å². The zero-order valence-corrected chi connectivity index (χ0v) is 27.5. The van der Waals surface area contributed by atoms with E-state index in [4.69, 9.17) is 33.4 Å². The van der Waals surface area contributed by atoms with Crippen LogP contribution in [0.5, 0.6) is 23.0 Å². The Morgan fingerprint density at radius 1 is 0.660 bits per heavy atom. The first kappa shape index (κ1) is 34.8. The average molecular weight is 692 g/mol. The molecule has 0 atom stereocenters. The third kappa shape index (κ3) is 9.30. The van der Waals surface area contributed by atoms with Gasteiger partial charge in [-0.1, -0.05) is 49.1 Å². The van der Waals surface area contributed by atoms with Gasteiger partial charge in [-0.2, -0.15) is 0 Å². The van der Waals surface area contributed by atoms with Crippen molar-refractivity contribution in [2.45, 2.75) is 6.92 Å². The molecule has 4 aromatic carbocycles. The van der Waals surface area contributed by atoms with Crippen LogP contribution in [0.4, 0.5) is 0 Å². The third-order valence-corrected chi connectivity index (χ3v) is 7.79. The third-order valence-electron chi connectivity index (χ3n) is 6.75. The average Bonchev–Trinajstić information content (AvgIpc) is 3.58. The lowest BCUT2D eigenvalue weighted by atomic mass is 10.1. The van der Waals surface area contributed by atoms with E-state index >= 15 is 0 Å². The Bertz CT molecular complexity index is 1940. The first-order valence-corrected chi connectivity index (χ1v) is 15.7. The molecule has 0 spiro atoms. The van der Waals surface area contributed by atoms with Crippen LogP contribution >= 0.6 is 11.3 Å². The van der Waals surface area contributed by atoms with E-state index in [2.05, 4.69) is 13.2 Å². The lowest BCUT2D eigenvalue weighted by Crippen LogP contribution is -2.11. The summed E-state index contributed by atoms with van der Waals surface area (Å²) in [5.74, 6) is -1.44. The Morgan fingerprint density at radius 3 is 1.68 bits per heavy atom. The summed E-state index contributed by atoms with van der Waals surface area (Å²) in [6, 6.07) is 23.1. The number of aromatic nitrogens is 1. The molecule has 0 bridgehead atoms. The number of nitrogens with zero attached hydrogens (tertiary/aromatic N) is 1. The van der Waals surface area contributed by atoms with E-state index in [9.17, 15) is 19.2 Å². The molecule has 5 aromatic rings. The molecule has 0 radical (unpaired) electrons. The fourth-order valence-electron chi connectivity index (χ4n) is 4.18. The number of benzene rings is 4. The van der Waals surface area contributed by atoms with Gasteiger partial charge in [-0.05, 0) is 79.2 Å². The van der Waals surface area contributed by atoms with Crippen molar-refractivity contribution in [3.63, 3.8) is 0 Å². The molecular weight excluding hydrogens is 662 g/mol. The Morgan fingerprint density at radius 2 is 1.16 bits per heavy atom. The van der Waals surface area contributed by atoms with Crippen LogP contribution in [0, 0.1) is 6.92 Å². The maximum atomic E-state index is 13.1. The van der Waals surface area contributed by atoms with Gasteiger partial charge in [0, 0.05) is 12.2 Å². The topological polar surface area (TPSA) is 137 Å². The van der Waals surface area contributed by atoms with Gasteiger partial charge in [-0.3, -0.25) is 0 Å². The van der Waals surface area contributed by atoms with Crippen molar-refractivity contribution in [3.05, 3.63) is 138 Å². The van der Waals surface area contributed by atoms with Gasteiger partial charge in [0.15, 0.2) is 11.5 Å². The van der Waals surface area contributed by atoms with E-state index in [0.29, 0.717) is 26.7 Å². The van der Waals surface area contributed by atoms with Gasteiger partial charge < -0.3 is 28.4 Å². The number of ether oxygens (including phenoxy) is 6. The predicted octanol–water partition coefficient (Wildman–Crippen LogP) is 7.34. The minimum absolute atomic E-state index is 0.159. The largest absolute Gasteiger partial charge is 0.457 e. The molecule has 11 nitrogen and oxygen atoms in total. The lowest BCUT2D eigenvalue weighted by Gasteiger charge is -2.10. The smallest absolute Gasteiger partial charge is 0.343 e. The van der Waals surface area contributed by atoms with Crippen LogP contribution in [0.3, 0.4) is 0 Å². The molecular formula is C38H29NO10S. The maximum Gasteiger partial charge on any atom is 0.343 e. The highest BCUT2D eigenvalue weighted by Gasteiger charge is 2.20. The van der Waals surface area contributed by atoms with E-state index in [1.165, 1.54) is 72.0 Å². The number of fused-ring (bicyclic) bond motifs is 1. The zero-order valence-electron chi connectivity index (χ0n) is 26.7. The molecule has 0 fully saturated rings. The van der Waals surface area contributed by atoms with Crippen LogP contribution in [0.15, 0.2) is 110 Å². The lowest BCUT2D eigenvalue weighted by molar-refractivity contribution is -0.145. The highest BCUT2D eigenvalue weighted by atomic mass is 32.1. The summed E-state index contributed by atoms with van der Waals surface area (Å²) in [6.07, 6.45) is 5.76. The van der Waals surface area contributed by atoms with E-state index in [1.807, 2.05) is 43.3 Å². The standard InChI is InChI=1S/C38H29NO10S/c1-4-33(40)46-22-44-28-15-11-26(12-16-28)37(42)48-30-19-20-31(36-35(30)39-32(50-36)21-10-25-8-6-24(3)7-9-25)49-38(43)27-13-17-29(18-14-27)45-23-47-34(41)5-2/h4-21H,1-2,22-23H2,3H3/b21-10+. The number of rotatable bonds is 14. The summed E-state index contributed by atoms with van der Waals surface area (Å²) in [6.45, 7) is 8.00. The summed E-state index contributed by atoms with van der Waals surface area (Å²) in [4.78, 5) is 53.4. The van der Waals surface area contributed by atoms with Crippen LogP contribution in [0.2, 0.25) is 0 Å². The van der Waals surface area contributed by atoms with Crippen molar-refractivity contribution < 1.29 is 47.6 Å². The van der Waals surface area contributed by atoms with Crippen molar-refractivity contribution >= 4 is 57.6 Å². The molecule has 1 aromatic heterocycles. The van der Waals surface area contributed by atoms with Crippen molar-refractivity contribution in [3.8, 4) is 23.0 Å². The van der Waals surface area contributed by atoms with Gasteiger partial charge >= 0.3 is 23.9 Å². The first-order chi connectivity index (χ1) is 24.2. The Balaban J connectivity index is 1.35. The minimum Gasteiger partial charge on any atom is -0.457 e. The van der Waals surface area contributed by atoms with Crippen molar-refractivity contribution in [1.82, 2.24) is 4.98 Å². The van der Waals surface area contributed by atoms with Gasteiger partial charge in [-0.25, -0.2) is 24.2 Å². The number of esters is 4. The highest BCUT2D eigenvalue weighted by Crippen LogP contribution is 2.38. The molecule has 0 aliphatic heterocycles. The van der Waals surface area contributed by atoms with Crippen molar-refractivity contribution in [1.29, 1.82) is 0 Å². The van der Waals surface area contributed by atoms with Crippen molar-refractivity contribution in [2.24, 2.45) is 0 Å². The molecule has 0 saturated carbocycles. The normalized spacial score (nSPS) is 10.7. The molecule has 0 aliphatic carbocycles. The number of hydrogen-bond acceptors (Lipinski definition) is 12. The molecule has 12 heteroatoms. The molecule has 0 amide bonds. The summed E-state index contributed by atoms with van der Waals surface area (Å²) in [5.41, 5.74) is 2.88. The molecule has 0 saturated heterocycles. The van der Waals surface area contributed by atoms with E-state index < -0.39 is 23.9 Å². The molecule has 0 N–H and O–H groups in total. The van der Waals surface area contributed by atoms with E-state index in [-0.39, 0.29) is 36.2 Å². The van der Waals surface area contributed by atoms with Crippen LogP contribution in [0.25, 0.3) is 22.4 Å². The molecule has 252 valence electrons. The first-order valence-electron chi connectivity index (χ1n) is 14.9. The van der Waals surface area contributed by atoms with Crippen LogP contribution in [-0.2, 0) is 19.1 Å². The van der Waals surface area contributed by atoms with E-state index in [1.54, 1.807) is 0 Å². The number of carbonyl (C=O) groups excluding carboxylic acids is 4. The quantitative estimate of drug-likeness (QED) is 0.0500. The highest BCUT2D eigenvalue weighted by molar-refractivity contribution is 7.19. The Kier molecular flexibility index (Phi) is 11.5. The molecule has 5 rings (SSSR count). The monoisotopic (exact) mass is 691 g/mol. The molecule has 0 unspecified atom stereocenters. The SMILES string of the molecule is C=CC(=O)OCOc1ccc(C(=O)Oc2ccc(OC(=O)c3ccc(OCOC(=O)C=C)cc3)c3sc(/C=C/c4ccc(C)cc4)nc23)cc1. The second kappa shape index (κ2) is 16.5. The van der Waals surface area contributed by atoms with E-state index in [0.717, 1.165) is 23.3 Å². The van der Waals surface area contributed by atoms with Gasteiger partial charge in [0.25, 0.3) is 0 Å². The van der Waals surface area contributed by atoms with Crippen LogP contribution in [-0.4, -0.2) is 42.4 Å². The Labute approximate surface area is 290 Å². The fraction of sp³-hybridized carbons (Fsp3) is 0.0789. The number of hydrogen-bond donors (Lipinski definition) is 0. The van der Waals surface area contributed by atoms with Gasteiger partial charge in [0.2, 0.25) is 13.6 Å². The molecule has 0 aliphatic rings. The minimum atomic E-state index is -0.660. The fourth-order valence-corrected chi connectivity index (χ4v) is 5.11. The summed E-state index contributed by atoms with van der Waals surface area (Å²) < 4.78 is 32.3. The van der Waals surface area contributed by atoms with Gasteiger partial charge in [0.1, 0.15) is 26.7 Å². The predicted molar refractivity (Wildman–Crippen MR) is 186 cm³/mol. The molecule has 50 heavy (non-hydrogen) atoms. The molecule has 1 heterocycles. The van der Waals surface area contributed by atoms with Crippen molar-refractivity contribution in [2.75, 3.05) is 13.6 Å². The van der Waals surface area contributed by atoms with Crippen LogP contribution < -0.4 is 18.9 Å². The number of aryl methyl sites for hydroxylation is 1. The number of thiazole rings is 1. The summed E-state index contributed by atoms with van der Waals surface area (Å²) in [5, 5.41) is 0.582.